The van der Waals surface area contributed by atoms with Crippen LogP contribution in [-0.2, 0) is 4.79 Å². The van der Waals surface area contributed by atoms with Crippen molar-refractivity contribution in [3.8, 4) is 5.75 Å². The highest BCUT2D eigenvalue weighted by molar-refractivity contribution is 5.85. The standard InChI is InChI=1S/C16H26N2O2.ClH/c1-4-8-17-9-10-18-16(19)12-20-15-7-5-6-14(11-15)13(2)3;/h5-7,11,13,17H,4,8-10,12H2,1-3H3,(H,18,19);1H. The van der Waals surface area contributed by atoms with E-state index in [4.69, 9.17) is 4.74 Å². The first-order chi connectivity index (χ1) is 9.63. The van der Waals surface area contributed by atoms with Crippen LogP contribution in [0.25, 0.3) is 0 Å². The van der Waals surface area contributed by atoms with Crippen LogP contribution in [0.5, 0.6) is 5.75 Å². The Hall–Kier alpha value is -1.26. The Morgan fingerprint density at radius 2 is 2.00 bits per heavy atom. The third-order valence-electron chi connectivity index (χ3n) is 2.95. The Bertz CT molecular complexity index is 411. The van der Waals surface area contributed by atoms with Gasteiger partial charge in [0, 0.05) is 13.1 Å². The number of hydrogen-bond donors (Lipinski definition) is 2. The van der Waals surface area contributed by atoms with Crippen molar-refractivity contribution in [1.82, 2.24) is 10.6 Å². The minimum Gasteiger partial charge on any atom is -0.484 e. The summed E-state index contributed by atoms with van der Waals surface area (Å²) < 4.78 is 5.50. The second kappa shape index (κ2) is 11.4. The Kier molecular flexibility index (Phi) is 10.7. The molecule has 1 rings (SSSR count). The Balaban J connectivity index is 0.00000400. The first kappa shape index (κ1) is 19.7. The Morgan fingerprint density at radius 1 is 1.24 bits per heavy atom. The summed E-state index contributed by atoms with van der Waals surface area (Å²) in [5.74, 6) is 1.12. The number of rotatable bonds is 9. The maximum Gasteiger partial charge on any atom is 0.257 e. The van der Waals surface area contributed by atoms with Crippen molar-refractivity contribution < 1.29 is 9.53 Å². The number of carbonyl (C=O) groups excluding carboxylic acids is 1. The van der Waals surface area contributed by atoms with Crippen LogP contribution in [0.1, 0.15) is 38.7 Å². The van der Waals surface area contributed by atoms with Gasteiger partial charge in [-0.1, -0.05) is 32.9 Å². The Labute approximate surface area is 134 Å². The molecule has 21 heavy (non-hydrogen) atoms. The number of nitrogens with one attached hydrogen (secondary N) is 2. The van der Waals surface area contributed by atoms with Crippen molar-refractivity contribution >= 4 is 18.3 Å². The molecule has 0 saturated heterocycles. The second-order valence-electron chi connectivity index (χ2n) is 5.12. The van der Waals surface area contributed by atoms with Gasteiger partial charge in [0.25, 0.3) is 5.91 Å². The van der Waals surface area contributed by atoms with Gasteiger partial charge in [0.15, 0.2) is 6.61 Å². The van der Waals surface area contributed by atoms with Crippen LogP contribution < -0.4 is 15.4 Å². The monoisotopic (exact) mass is 314 g/mol. The summed E-state index contributed by atoms with van der Waals surface area (Å²) in [4.78, 5) is 11.6. The quantitative estimate of drug-likeness (QED) is 0.689. The predicted octanol–water partition coefficient (Wildman–Crippen LogP) is 2.73. The van der Waals surface area contributed by atoms with E-state index in [1.54, 1.807) is 0 Å². The highest BCUT2D eigenvalue weighted by Crippen LogP contribution is 2.19. The lowest BCUT2D eigenvalue weighted by Crippen LogP contribution is -2.35. The number of halogens is 1. The van der Waals surface area contributed by atoms with E-state index in [-0.39, 0.29) is 24.9 Å². The molecule has 1 aromatic carbocycles. The molecule has 0 radical (unpaired) electrons. The molecule has 0 bridgehead atoms. The van der Waals surface area contributed by atoms with Crippen LogP contribution in [-0.4, -0.2) is 32.1 Å². The van der Waals surface area contributed by atoms with Gasteiger partial charge in [-0.25, -0.2) is 0 Å². The molecule has 0 aliphatic carbocycles. The average Bonchev–Trinajstić information content (AvgIpc) is 2.45. The minimum atomic E-state index is -0.0850. The van der Waals surface area contributed by atoms with Gasteiger partial charge in [0.05, 0.1) is 0 Å². The van der Waals surface area contributed by atoms with Crippen molar-refractivity contribution in [1.29, 1.82) is 0 Å². The predicted molar refractivity (Wildman–Crippen MR) is 89.4 cm³/mol. The van der Waals surface area contributed by atoms with Crippen molar-refractivity contribution in [3.05, 3.63) is 29.8 Å². The summed E-state index contributed by atoms with van der Waals surface area (Å²) >= 11 is 0. The topological polar surface area (TPSA) is 50.4 Å². The number of amides is 1. The van der Waals surface area contributed by atoms with Crippen molar-refractivity contribution in [2.75, 3.05) is 26.2 Å². The molecule has 0 unspecified atom stereocenters. The summed E-state index contributed by atoms with van der Waals surface area (Å²) in [6.45, 7) is 8.86. The van der Waals surface area contributed by atoms with Gasteiger partial charge in [-0.05, 0) is 36.6 Å². The maximum atomic E-state index is 11.6. The van der Waals surface area contributed by atoms with E-state index >= 15 is 0 Å². The molecule has 5 heteroatoms. The van der Waals surface area contributed by atoms with E-state index in [0.29, 0.717) is 12.5 Å². The molecule has 2 N–H and O–H groups in total. The van der Waals surface area contributed by atoms with Gasteiger partial charge >= 0.3 is 0 Å². The molecule has 0 aliphatic heterocycles. The van der Waals surface area contributed by atoms with E-state index < -0.39 is 0 Å². The van der Waals surface area contributed by atoms with Gasteiger partial charge < -0.3 is 15.4 Å². The van der Waals surface area contributed by atoms with Gasteiger partial charge in [-0.2, -0.15) is 0 Å². The normalized spacial score (nSPS) is 10.1. The summed E-state index contributed by atoms with van der Waals surface area (Å²) in [7, 11) is 0. The first-order valence-corrected chi connectivity index (χ1v) is 7.33. The molecule has 0 saturated carbocycles. The lowest BCUT2D eigenvalue weighted by Gasteiger charge is -2.10. The van der Waals surface area contributed by atoms with E-state index in [0.717, 1.165) is 25.3 Å². The first-order valence-electron chi connectivity index (χ1n) is 7.33. The van der Waals surface area contributed by atoms with Crippen LogP contribution in [0.15, 0.2) is 24.3 Å². The zero-order valence-corrected chi connectivity index (χ0v) is 14.0. The van der Waals surface area contributed by atoms with Crippen molar-refractivity contribution in [2.24, 2.45) is 0 Å². The van der Waals surface area contributed by atoms with Crippen molar-refractivity contribution in [2.45, 2.75) is 33.1 Å². The number of benzene rings is 1. The molecule has 120 valence electrons. The van der Waals surface area contributed by atoms with Gasteiger partial charge in [0.2, 0.25) is 0 Å². The lowest BCUT2D eigenvalue weighted by molar-refractivity contribution is -0.123. The molecule has 1 amide bonds. The smallest absolute Gasteiger partial charge is 0.257 e. The van der Waals surface area contributed by atoms with Gasteiger partial charge in [-0.15, -0.1) is 12.4 Å². The zero-order valence-electron chi connectivity index (χ0n) is 13.1. The van der Waals surface area contributed by atoms with Crippen LogP contribution in [0.2, 0.25) is 0 Å². The number of hydrogen-bond acceptors (Lipinski definition) is 3. The average molecular weight is 315 g/mol. The van der Waals surface area contributed by atoms with Crippen molar-refractivity contribution in [3.63, 3.8) is 0 Å². The van der Waals surface area contributed by atoms with Gasteiger partial charge in [0.1, 0.15) is 5.75 Å². The lowest BCUT2D eigenvalue weighted by atomic mass is 10.0. The highest BCUT2D eigenvalue weighted by Gasteiger charge is 2.04. The van der Waals surface area contributed by atoms with Crippen LogP contribution >= 0.6 is 12.4 Å². The number of carbonyl (C=O) groups is 1. The third kappa shape index (κ3) is 8.58. The fourth-order valence-electron chi connectivity index (χ4n) is 1.76. The van der Waals surface area contributed by atoms with E-state index in [9.17, 15) is 4.79 Å². The maximum absolute atomic E-state index is 11.6. The second-order valence-corrected chi connectivity index (χ2v) is 5.12. The largest absolute Gasteiger partial charge is 0.484 e. The summed E-state index contributed by atoms with van der Waals surface area (Å²) in [6.07, 6.45) is 1.10. The van der Waals surface area contributed by atoms with Crippen LogP contribution in [0.3, 0.4) is 0 Å². The molecule has 0 spiro atoms. The molecule has 0 atom stereocenters. The summed E-state index contributed by atoms with van der Waals surface area (Å²) in [5, 5.41) is 6.05. The SMILES string of the molecule is CCCNCCNC(=O)COc1cccc(C(C)C)c1.Cl. The molecule has 0 aromatic heterocycles. The highest BCUT2D eigenvalue weighted by atomic mass is 35.5. The summed E-state index contributed by atoms with van der Waals surface area (Å²) in [6, 6.07) is 7.89. The minimum absolute atomic E-state index is 0. The molecule has 1 aromatic rings. The molecular formula is C16H27ClN2O2. The molecule has 4 nitrogen and oxygen atoms in total. The van der Waals surface area contributed by atoms with E-state index in [2.05, 4.69) is 37.5 Å². The van der Waals surface area contributed by atoms with E-state index in [1.165, 1.54) is 5.56 Å². The summed E-state index contributed by atoms with van der Waals surface area (Å²) in [5.41, 5.74) is 1.21. The molecule has 0 aliphatic rings. The number of ether oxygens (including phenoxy) is 1. The third-order valence-corrected chi connectivity index (χ3v) is 2.95. The Morgan fingerprint density at radius 3 is 2.67 bits per heavy atom. The van der Waals surface area contributed by atoms with Crippen LogP contribution in [0, 0.1) is 0 Å². The fraction of sp³-hybridized carbons (Fsp3) is 0.562. The van der Waals surface area contributed by atoms with Gasteiger partial charge in [-0.3, -0.25) is 4.79 Å². The van der Waals surface area contributed by atoms with Crippen LogP contribution in [0.4, 0.5) is 0 Å². The molecular weight excluding hydrogens is 288 g/mol. The van der Waals surface area contributed by atoms with E-state index in [1.807, 2.05) is 18.2 Å². The fourth-order valence-corrected chi connectivity index (χ4v) is 1.76. The zero-order chi connectivity index (χ0) is 14.8. The molecule has 0 heterocycles. The molecule has 0 fully saturated rings.